The average molecular weight is 269 g/mol. The van der Waals surface area contributed by atoms with Gasteiger partial charge in [-0.3, -0.25) is 0 Å². The van der Waals surface area contributed by atoms with E-state index < -0.39 is 19.2 Å². The second-order valence-electron chi connectivity index (χ2n) is 3.90. The van der Waals surface area contributed by atoms with Crippen molar-refractivity contribution >= 4 is 19.2 Å². The van der Waals surface area contributed by atoms with Crippen LogP contribution in [0, 0.1) is 0 Å². The Balaban J connectivity index is 5.05. The molecular weight excluding hydrogens is 249 g/mol. The van der Waals surface area contributed by atoms with Crippen LogP contribution in [0.5, 0.6) is 0 Å². The average Bonchev–Trinajstić information content (AvgIpc) is 2.17. The number of hydrogen-bond acceptors (Lipinski definition) is 1. The molecule has 0 bridgehead atoms. The molecule has 15 heavy (non-hydrogen) atoms. The summed E-state index contributed by atoms with van der Waals surface area (Å²) in [6.07, 6.45) is 5.56. The van der Waals surface area contributed by atoms with Crippen LogP contribution in [-0.2, 0) is 4.79 Å². The first-order chi connectivity index (χ1) is 7.04. The van der Waals surface area contributed by atoms with Crippen LogP contribution in [0.15, 0.2) is 38.0 Å². The van der Waals surface area contributed by atoms with Crippen molar-refractivity contribution in [3.63, 3.8) is 0 Å². The Labute approximate surface area is 94.7 Å². The van der Waals surface area contributed by atoms with Gasteiger partial charge in [-0.25, -0.2) is 0 Å². The summed E-state index contributed by atoms with van der Waals surface area (Å²) in [5, 5.41) is 11.7. The summed E-state index contributed by atoms with van der Waals surface area (Å²) in [6, 6.07) is 0. The molecule has 0 aromatic heterocycles. The van der Waals surface area contributed by atoms with E-state index in [1.54, 1.807) is 0 Å². The van der Waals surface area contributed by atoms with Crippen LogP contribution in [0.25, 0.3) is 0 Å². The van der Waals surface area contributed by atoms with E-state index >= 15 is 0 Å². The zero-order valence-corrected chi connectivity index (χ0v) is 11.5. The van der Waals surface area contributed by atoms with E-state index in [2.05, 4.69) is 19.7 Å². The summed E-state index contributed by atoms with van der Waals surface area (Å²) < 4.78 is -0.237. The molecule has 1 N–H and O–H groups in total. The SMILES string of the molecule is C=C[CH2][Ge]([CH2]C=C)([CH2]C=C)[CH](C)C(=O)O. The van der Waals surface area contributed by atoms with E-state index in [0.717, 1.165) is 15.8 Å². The van der Waals surface area contributed by atoms with Gasteiger partial charge in [-0.2, -0.15) is 0 Å². The second kappa shape index (κ2) is 6.67. The molecule has 0 heterocycles. The number of rotatable bonds is 8. The van der Waals surface area contributed by atoms with Crippen LogP contribution in [0.3, 0.4) is 0 Å². The molecule has 0 amide bonds. The van der Waals surface area contributed by atoms with Gasteiger partial charge in [0, 0.05) is 0 Å². The van der Waals surface area contributed by atoms with Crippen molar-refractivity contribution in [2.45, 2.75) is 27.4 Å². The number of carbonyl (C=O) groups is 1. The topological polar surface area (TPSA) is 37.3 Å². The van der Waals surface area contributed by atoms with Crippen LogP contribution in [-0.4, -0.2) is 24.3 Å². The van der Waals surface area contributed by atoms with Crippen LogP contribution in [0.4, 0.5) is 0 Å². The predicted molar refractivity (Wildman–Crippen MR) is 67.8 cm³/mol. The number of hydrogen-bond donors (Lipinski definition) is 1. The molecule has 0 saturated heterocycles. The fourth-order valence-electron chi connectivity index (χ4n) is 1.90. The van der Waals surface area contributed by atoms with Crippen LogP contribution in [0.2, 0.25) is 20.5 Å². The monoisotopic (exact) mass is 270 g/mol. The molecule has 0 spiro atoms. The quantitative estimate of drug-likeness (QED) is 0.541. The number of carboxylic acids is 1. The van der Waals surface area contributed by atoms with Gasteiger partial charge in [0.25, 0.3) is 0 Å². The molecule has 0 fully saturated rings. The zero-order chi connectivity index (χ0) is 11.9. The predicted octanol–water partition coefficient (Wildman–Crippen LogP) is 3.47. The first kappa shape index (κ1) is 14.2. The third kappa shape index (κ3) is 3.70. The summed E-state index contributed by atoms with van der Waals surface area (Å²) in [6.45, 7) is 13.0. The fourth-order valence-corrected chi connectivity index (χ4v) is 9.90. The Bertz CT molecular complexity index is 232. The molecule has 0 aromatic rings. The van der Waals surface area contributed by atoms with Gasteiger partial charge in [0.15, 0.2) is 0 Å². The van der Waals surface area contributed by atoms with Gasteiger partial charge in [0.1, 0.15) is 0 Å². The molecule has 0 saturated carbocycles. The van der Waals surface area contributed by atoms with Gasteiger partial charge >= 0.3 is 94.5 Å². The Morgan fingerprint density at radius 2 is 1.53 bits per heavy atom. The molecule has 2 nitrogen and oxygen atoms in total. The summed E-state index contributed by atoms with van der Waals surface area (Å²) in [5.74, 6) is -0.694. The zero-order valence-electron chi connectivity index (χ0n) is 9.41. The molecule has 0 aliphatic rings. The van der Waals surface area contributed by atoms with Crippen LogP contribution >= 0.6 is 0 Å². The van der Waals surface area contributed by atoms with Crippen LogP contribution in [0.1, 0.15) is 6.92 Å². The maximum absolute atomic E-state index is 11.1. The molecule has 0 aliphatic carbocycles. The molecule has 0 radical (unpaired) electrons. The minimum absolute atomic E-state index is 0.237. The molecule has 0 rings (SSSR count). The van der Waals surface area contributed by atoms with Gasteiger partial charge in [0.05, 0.1) is 0 Å². The fraction of sp³-hybridized carbons (Fsp3) is 0.417. The van der Waals surface area contributed by atoms with Crippen molar-refractivity contribution in [3.8, 4) is 0 Å². The van der Waals surface area contributed by atoms with Crippen molar-refractivity contribution in [2.24, 2.45) is 0 Å². The Hall–Kier alpha value is -0.767. The Morgan fingerprint density at radius 1 is 1.20 bits per heavy atom. The van der Waals surface area contributed by atoms with Gasteiger partial charge < -0.3 is 0 Å². The minimum atomic E-state index is -2.47. The first-order valence-corrected chi connectivity index (χ1v) is 10.8. The molecule has 3 heteroatoms. The molecule has 1 unspecified atom stereocenters. The first-order valence-electron chi connectivity index (χ1n) is 5.09. The van der Waals surface area contributed by atoms with Crippen molar-refractivity contribution < 1.29 is 9.90 Å². The van der Waals surface area contributed by atoms with Crippen LogP contribution < -0.4 is 0 Å². The van der Waals surface area contributed by atoms with Gasteiger partial charge in [-0.15, -0.1) is 0 Å². The number of carboxylic acid groups (broad SMARTS) is 1. The Morgan fingerprint density at radius 3 is 1.73 bits per heavy atom. The van der Waals surface area contributed by atoms with Crippen molar-refractivity contribution in [1.29, 1.82) is 0 Å². The molecule has 0 aliphatic heterocycles. The summed E-state index contributed by atoms with van der Waals surface area (Å²) in [7, 11) is 0. The standard InChI is InChI=1S/C12H20GeO2/c1-5-8-13(9-6-2,10-7-3)11(4)12(14)15/h5-7,11H,1-3,8-10H2,4H3,(H,14,15). The van der Waals surface area contributed by atoms with Gasteiger partial charge in [0.2, 0.25) is 0 Å². The molecule has 0 aromatic carbocycles. The summed E-state index contributed by atoms with van der Waals surface area (Å²) in [4.78, 5) is 11.1. The van der Waals surface area contributed by atoms with Crippen molar-refractivity contribution in [2.75, 3.05) is 0 Å². The molecule has 84 valence electrons. The van der Waals surface area contributed by atoms with E-state index in [1.807, 2.05) is 25.2 Å². The maximum atomic E-state index is 11.1. The van der Waals surface area contributed by atoms with Crippen molar-refractivity contribution in [3.05, 3.63) is 38.0 Å². The van der Waals surface area contributed by atoms with E-state index in [0.29, 0.717) is 0 Å². The summed E-state index contributed by atoms with van der Waals surface area (Å²) >= 11 is -2.47. The van der Waals surface area contributed by atoms with Crippen molar-refractivity contribution in [1.82, 2.24) is 0 Å². The van der Waals surface area contributed by atoms with E-state index in [-0.39, 0.29) is 4.75 Å². The molecular formula is C12H20GeO2. The molecule has 1 atom stereocenters. The van der Waals surface area contributed by atoms with E-state index in [9.17, 15) is 4.79 Å². The number of allylic oxidation sites excluding steroid dienone is 3. The van der Waals surface area contributed by atoms with Gasteiger partial charge in [-0.1, -0.05) is 0 Å². The van der Waals surface area contributed by atoms with Gasteiger partial charge in [-0.05, 0) is 0 Å². The Kier molecular flexibility index (Phi) is 6.33. The normalized spacial score (nSPS) is 12.9. The van der Waals surface area contributed by atoms with E-state index in [4.69, 9.17) is 5.11 Å². The second-order valence-corrected chi connectivity index (χ2v) is 14.0. The number of aliphatic carboxylic acids is 1. The van der Waals surface area contributed by atoms with E-state index in [1.165, 1.54) is 0 Å². The third-order valence-electron chi connectivity index (χ3n) is 2.94. The third-order valence-corrected chi connectivity index (χ3v) is 14.2. The summed E-state index contributed by atoms with van der Waals surface area (Å²) in [5.41, 5.74) is 0.